The molecule has 1 atom stereocenters. The molecule has 0 aliphatic heterocycles. The Kier molecular flexibility index (Phi) is 65.7. The third-order valence-corrected chi connectivity index (χ3v) is 15.1. The minimum absolute atomic E-state index is 0.0756. The topological polar surface area (TPSA) is 78.9 Å². The normalized spacial score (nSPS) is 12.7. The molecule has 0 aliphatic carbocycles. The van der Waals surface area contributed by atoms with E-state index in [0.717, 1.165) is 103 Å². The van der Waals surface area contributed by atoms with E-state index in [2.05, 4.69) is 118 Å². The fourth-order valence-corrected chi connectivity index (χ4v) is 9.89. The zero-order valence-electron chi connectivity index (χ0n) is 53.5. The zero-order valence-corrected chi connectivity index (χ0v) is 53.5. The van der Waals surface area contributed by atoms with E-state index in [1.807, 2.05) is 0 Å². The molecule has 81 heavy (non-hydrogen) atoms. The summed E-state index contributed by atoms with van der Waals surface area (Å²) in [7, 11) is 0. The van der Waals surface area contributed by atoms with Crippen LogP contribution in [0.5, 0.6) is 0 Å². The molecule has 0 aromatic heterocycles. The molecule has 0 saturated carbocycles. The summed E-state index contributed by atoms with van der Waals surface area (Å²) >= 11 is 0. The van der Waals surface area contributed by atoms with Gasteiger partial charge in [0.05, 0.1) is 0 Å². The Balaban J connectivity index is 4.10. The molecular weight excluding hydrogens is 997 g/mol. The lowest BCUT2D eigenvalue weighted by atomic mass is 10.0. The van der Waals surface area contributed by atoms with Crippen LogP contribution < -0.4 is 0 Å². The van der Waals surface area contributed by atoms with Crippen molar-refractivity contribution in [3.63, 3.8) is 0 Å². The lowest BCUT2D eigenvalue weighted by Crippen LogP contribution is -2.30. The van der Waals surface area contributed by atoms with Crippen molar-refractivity contribution >= 4 is 17.9 Å². The quantitative estimate of drug-likeness (QED) is 0.0261. The summed E-state index contributed by atoms with van der Waals surface area (Å²) in [6.07, 6.45) is 93.1. The minimum atomic E-state index is -0.777. The van der Waals surface area contributed by atoms with Crippen LogP contribution in [0, 0.1) is 0 Å². The number of rotatable bonds is 63. The van der Waals surface area contributed by atoms with Crippen molar-refractivity contribution in [2.45, 2.75) is 348 Å². The molecule has 0 N–H and O–H groups in total. The Morgan fingerprint density at radius 3 is 0.753 bits per heavy atom. The van der Waals surface area contributed by atoms with Gasteiger partial charge in [-0.15, -0.1) is 0 Å². The Morgan fingerprint density at radius 1 is 0.259 bits per heavy atom. The monoisotopic (exact) mass is 1130 g/mol. The minimum Gasteiger partial charge on any atom is -0.462 e. The highest BCUT2D eigenvalue weighted by molar-refractivity contribution is 5.71. The van der Waals surface area contributed by atoms with Crippen molar-refractivity contribution in [3.05, 3.63) is 97.2 Å². The first-order chi connectivity index (χ1) is 40.0. The van der Waals surface area contributed by atoms with Crippen LogP contribution in [-0.4, -0.2) is 37.2 Å². The number of carbonyl (C=O) groups is 3. The Bertz CT molecular complexity index is 1580. The van der Waals surface area contributed by atoms with Crippen molar-refractivity contribution in [1.82, 2.24) is 0 Å². The standard InChI is InChI=1S/C75H130O6/c1-4-7-10-13-16-18-20-22-24-26-28-30-32-34-36-37-39-40-42-44-46-48-50-52-54-56-59-62-65-68-74(77)80-71-72(70-79-73(76)67-64-61-58-15-12-9-6-3)81-75(78)69-66-63-60-57-55-53-51-49-47-45-43-41-38-35-33-31-29-27-25-23-21-19-17-14-11-8-5-2/h7,10,16,18,21-24,27-30,34,36,39-40,72H,4-6,8-9,11-15,17,19-20,25-26,31-33,35,37-38,41-71H2,1-3H3/b10-7-,18-16-,23-21-,24-22-,29-27-,30-28-,36-34-,40-39-. The summed E-state index contributed by atoms with van der Waals surface area (Å²) in [5, 5.41) is 0. The van der Waals surface area contributed by atoms with Crippen LogP contribution >= 0.6 is 0 Å². The highest BCUT2D eigenvalue weighted by Crippen LogP contribution is 2.17. The van der Waals surface area contributed by atoms with Crippen molar-refractivity contribution in [2.75, 3.05) is 13.2 Å². The van der Waals surface area contributed by atoms with Gasteiger partial charge in [-0.2, -0.15) is 0 Å². The number of hydrogen-bond acceptors (Lipinski definition) is 6. The van der Waals surface area contributed by atoms with Gasteiger partial charge in [0.2, 0.25) is 0 Å². The smallest absolute Gasteiger partial charge is 0.306 e. The van der Waals surface area contributed by atoms with Crippen molar-refractivity contribution in [1.29, 1.82) is 0 Å². The second-order valence-electron chi connectivity index (χ2n) is 23.1. The fraction of sp³-hybridized carbons (Fsp3) is 0.747. The first-order valence-electron chi connectivity index (χ1n) is 34.7. The van der Waals surface area contributed by atoms with Gasteiger partial charge in [-0.1, -0.05) is 317 Å². The predicted octanol–water partition coefficient (Wildman–Crippen LogP) is 24.0. The third kappa shape index (κ3) is 67.0. The maximum atomic E-state index is 12.9. The molecule has 0 aromatic rings. The second kappa shape index (κ2) is 68.8. The largest absolute Gasteiger partial charge is 0.462 e. The average molecular weight is 1130 g/mol. The van der Waals surface area contributed by atoms with Crippen LogP contribution in [0.2, 0.25) is 0 Å². The average Bonchev–Trinajstić information content (AvgIpc) is 3.47. The summed E-state index contributed by atoms with van der Waals surface area (Å²) in [5.41, 5.74) is 0. The number of hydrogen-bond donors (Lipinski definition) is 0. The molecule has 1 unspecified atom stereocenters. The van der Waals surface area contributed by atoms with Crippen LogP contribution in [0.1, 0.15) is 342 Å². The van der Waals surface area contributed by atoms with Crippen LogP contribution in [0.25, 0.3) is 0 Å². The number of allylic oxidation sites excluding steroid dienone is 16. The van der Waals surface area contributed by atoms with Crippen LogP contribution in [0.3, 0.4) is 0 Å². The van der Waals surface area contributed by atoms with E-state index >= 15 is 0 Å². The van der Waals surface area contributed by atoms with Gasteiger partial charge in [-0.3, -0.25) is 14.4 Å². The van der Waals surface area contributed by atoms with E-state index in [-0.39, 0.29) is 31.1 Å². The lowest BCUT2D eigenvalue weighted by molar-refractivity contribution is -0.167. The van der Waals surface area contributed by atoms with Gasteiger partial charge in [-0.05, 0) is 103 Å². The van der Waals surface area contributed by atoms with E-state index < -0.39 is 6.10 Å². The Morgan fingerprint density at radius 2 is 0.481 bits per heavy atom. The SMILES string of the molecule is CC/C=C\C/C=C\C/C=C\C/C=C\C/C=C\C/C=C\CCCCCCCCCCCCC(=O)OCC(COC(=O)CCCCCCCCC)OC(=O)CCCCCCCCCCCCCCCCC/C=C\C/C=C\CCCCCCC. The zero-order chi connectivity index (χ0) is 58.5. The van der Waals surface area contributed by atoms with E-state index in [1.165, 1.54) is 199 Å². The van der Waals surface area contributed by atoms with Crippen molar-refractivity contribution in [2.24, 2.45) is 0 Å². The third-order valence-electron chi connectivity index (χ3n) is 15.1. The molecule has 466 valence electrons. The number of unbranched alkanes of at least 4 members (excludes halogenated alkanes) is 36. The molecular formula is C75H130O6. The fourth-order valence-electron chi connectivity index (χ4n) is 9.89. The second-order valence-corrected chi connectivity index (χ2v) is 23.1. The van der Waals surface area contributed by atoms with Crippen LogP contribution in [-0.2, 0) is 28.6 Å². The Labute approximate surface area is 502 Å². The predicted molar refractivity (Wildman–Crippen MR) is 353 cm³/mol. The number of ether oxygens (including phenoxy) is 3. The molecule has 0 heterocycles. The molecule has 6 heteroatoms. The van der Waals surface area contributed by atoms with E-state index in [1.54, 1.807) is 0 Å². The highest BCUT2D eigenvalue weighted by atomic mass is 16.6. The lowest BCUT2D eigenvalue weighted by Gasteiger charge is -2.18. The van der Waals surface area contributed by atoms with Gasteiger partial charge >= 0.3 is 17.9 Å². The van der Waals surface area contributed by atoms with E-state index in [0.29, 0.717) is 19.3 Å². The molecule has 0 aliphatic rings. The van der Waals surface area contributed by atoms with Gasteiger partial charge in [0.15, 0.2) is 6.10 Å². The molecule has 0 radical (unpaired) electrons. The summed E-state index contributed by atoms with van der Waals surface area (Å²) in [5.74, 6) is -0.873. The maximum absolute atomic E-state index is 12.9. The summed E-state index contributed by atoms with van der Waals surface area (Å²) < 4.78 is 16.9. The molecule has 0 fully saturated rings. The summed E-state index contributed by atoms with van der Waals surface area (Å²) in [4.78, 5) is 38.2. The van der Waals surface area contributed by atoms with Gasteiger partial charge in [0.1, 0.15) is 13.2 Å². The molecule has 0 rings (SSSR count). The van der Waals surface area contributed by atoms with E-state index in [4.69, 9.17) is 14.2 Å². The molecule has 0 bridgehead atoms. The molecule has 6 nitrogen and oxygen atoms in total. The van der Waals surface area contributed by atoms with E-state index in [9.17, 15) is 14.4 Å². The van der Waals surface area contributed by atoms with Crippen LogP contribution in [0.15, 0.2) is 97.2 Å². The summed E-state index contributed by atoms with van der Waals surface area (Å²) in [6, 6.07) is 0. The molecule has 0 aromatic carbocycles. The van der Waals surface area contributed by atoms with Crippen molar-refractivity contribution < 1.29 is 28.6 Å². The van der Waals surface area contributed by atoms with Gasteiger partial charge in [0, 0.05) is 19.3 Å². The van der Waals surface area contributed by atoms with Crippen molar-refractivity contribution in [3.8, 4) is 0 Å². The van der Waals surface area contributed by atoms with Gasteiger partial charge in [0.25, 0.3) is 0 Å². The Hall–Kier alpha value is -3.67. The first-order valence-corrected chi connectivity index (χ1v) is 34.7. The van der Waals surface area contributed by atoms with Gasteiger partial charge < -0.3 is 14.2 Å². The maximum Gasteiger partial charge on any atom is 0.306 e. The molecule has 0 amide bonds. The van der Waals surface area contributed by atoms with Crippen LogP contribution in [0.4, 0.5) is 0 Å². The molecule has 0 spiro atoms. The number of esters is 3. The number of carbonyl (C=O) groups excluding carboxylic acids is 3. The van der Waals surface area contributed by atoms with Gasteiger partial charge in [-0.25, -0.2) is 0 Å². The first kappa shape index (κ1) is 77.3. The summed E-state index contributed by atoms with van der Waals surface area (Å²) in [6.45, 7) is 6.50. The molecule has 0 saturated heterocycles. The highest BCUT2D eigenvalue weighted by Gasteiger charge is 2.19.